The molecule has 0 aliphatic heterocycles. The molecule has 17 nitrogen and oxygen atoms in total. The molecule has 17 heteroatoms. The van der Waals surface area contributed by atoms with E-state index in [4.69, 9.17) is 50.7 Å². The predicted octanol–water partition coefficient (Wildman–Crippen LogP) is 1.24. The highest BCUT2D eigenvalue weighted by molar-refractivity contribution is 5.77. The van der Waals surface area contributed by atoms with Gasteiger partial charge in [-0.05, 0) is 6.42 Å². The Morgan fingerprint density at radius 1 is 0.679 bits per heavy atom. The minimum absolute atomic E-state index is 0.000345. The first kappa shape index (κ1) is 45.4. The summed E-state index contributed by atoms with van der Waals surface area (Å²) in [5.74, 6) is 5.21. The molecule has 0 aliphatic rings. The van der Waals surface area contributed by atoms with Crippen molar-refractivity contribution in [1.29, 1.82) is 0 Å². The van der Waals surface area contributed by atoms with Crippen LogP contribution in [0.25, 0.3) is 0 Å². The molecule has 0 aliphatic carbocycles. The molecule has 53 heavy (non-hydrogen) atoms. The molecule has 0 saturated heterocycles. The number of nitrogens with one attached hydrogen (secondary N) is 1. The zero-order valence-corrected chi connectivity index (χ0v) is 31.3. The minimum atomic E-state index is -0.737. The zero-order valence-electron chi connectivity index (χ0n) is 31.3. The van der Waals surface area contributed by atoms with Crippen molar-refractivity contribution in [2.24, 2.45) is 5.41 Å². The summed E-state index contributed by atoms with van der Waals surface area (Å²) in [7, 11) is 0. The third-order valence-electron chi connectivity index (χ3n) is 7.38. The van der Waals surface area contributed by atoms with Crippen molar-refractivity contribution >= 4 is 11.7 Å². The summed E-state index contributed by atoms with van der Waals surface area (Å²) in [6.07, 6.45) is 16.7. The van der Waals surface area contributed by atoms with E-state index in [1.165, 1.54) is 0 Å². The Bertz CT molecular complexity index is 1240. The molecule has 0 fully saturated rings. The largest absolute Gasteiger partial charge is 0.379 e. The molecule has 2 aromatic heterocycles. The Kier molecular flexibility index (Phi) is 25.4. The number of ether oxygens (including phenoxy) is 8. The molecular weight excluding hydrogens is 690 g/mol. The highest BCUT2D eigenvalue weighted by atomic mass is 16.5. The van der Waals surface area contributed by atoms with E-state index in [-0.39, 0.29) is 64.5 Å². The molecule has 0 radical (unpaired) electrons. The van der Waals surface area contributed by atoms with Gasteiger partial charge in [-0.1, -0.05) is 36.1 Å². The van der Waals surface area contributed by atoms with Crippen LogP contribution < -0.4 is 5.32 Å². The number of nitrogens with zero attached hydrogens (tertiary/aromatic N) is 6. The van der Waals surface area contributed by atoms with E-state index in [2.05, 4.69) is 37.8 Å². The van der Waals surface area contributed by atoms with Crippen LogP contribution in [0.2, 0.25) is 0 Å². The molecule has 0 unspecified atom stereocenters. The lowest BCUT2D eigenvalue weighted by molar-refractivity contribution is -0.121. The van der Waals surface area contributed by atoms with Gasteiger partial charge in [0.25, 0.3) is 0 Å². The molecule has 2 rings (SSSR count). The Labute approximate surface area is 313 Å². The Balaban J connectivity index is 1.75. The normalized spacial score (nSPS) is 11.4. The van der Waals surface area contributed by atoms with Gasteiger partial charge in [-0.25, -0.2) is 9.36 Å². The first-order chi connectivity index (χ1) is 25.9. The molecule has 2 aromatic rings. The summed E-state index contributed by atoms with van der Waals surface area (Å²) in [6, 6.07) is 0. The van der Waals surface area contributed by atoms with Crippen molar-refractivity contribution in [3.63, 3.8) is 0 Å². The van der Waals surface area contributed by atoms with Crippen molar-refractivity contribution in [1.82, 2.24) is 35.3 Å². The fraction of sp³-hybridized carbons (Fsp3) is 0.722. The summed E-state index contributed by atoms with van der Waals surface area (Å²) < 4.78 is 49.2. The van der Waals surface area contributed by atoms with Gasteiger partial charge in [0.2, 0.25) is 5.91 Å². The molecule has 0 spiro atoms. The molecular formula is C36H57N7O10. The smallest absolute Gasteiger partial charge is 0.219 e. The molecule has 296 valence electrons. The van der Waals surface area contributed by atoms with Crippen LogP contribution in [0.1, 0.15) is 50.9 Å². The second-order valence-corrected chi connectivity index (χ2v) is 12.0. The molecule has 0 bridgehead atoms. The molecule has 0 saturated carbocycles. The molecule has 1 N–H and O–H groups in total. The van der Waals surface area contributed by atoms with Crippen LogP contribution in [0.4, 0.5) is 0 Å². The van der Waals surface area contributed by atoms with Crippen LogP contribution in [-0.4, -0.2) is 141 Å². The van der Waals surface area contributed by atoms with Crippen LogP contribution >= 0.6 is 0 Å². The van der Waals surface area contributed by atoms with Crippen LogP contribution in [0, 0.1) is 30.1 Å². The summed E-state index contributed by atoms with van der Waals surface area (Å²) >= 11 is 0. The van der Waals surface area contributed by atoms with E-state index >= 15 is 0 Å². The van der Waals surface area contributed by atoms with E-state index in [9.17, 15) is 9.59 Å². The van der Waals surface area contributed by atoms with Crippen LogP contribution in [0.15, 0.2) is 12.4 Å². The molecule has 1 amide bonds. The van der Waals surface area contributed by atoms with Gasteiger partial charge in [0.1, 0.15) is 30.4 Å². The lowest BCUT2D eigenvalue weighted by Gasteiger charge is -2.32. The third kappa shape index (κ3) is 22.1. The summed E-state index contributed by atoms with van der Waals surface area (Å²) in [4.78, 5) is 22.6. The number of hydrogen-bond acceptors (Lipinski definition) is 14. The Morgan fingerprint density at radius 2 is 1.17 bits per heavy atom. The lowest BCUT2D eigenvalue weighted by atomic mass is 9.92. The summed E-state index contributed by atoms with van der Waals surface area (Å²) in [5, 5.41) is 19.5. The first-order valence-corrected chi connectivity index (χ1v) is 18.0. The van der Waals surface area contributed by atoms with Gasteiger partial charge in [-0.15, -0.1) is 23.0 Å². The van der Waals surface area contributed by atoms with Crippen LogP contribution in [0.5, 0.6) is 0 Å². The molecule has 2 heterocycles. The highest BCUT2D eigenvalue weighted by Gasteiger charge is 2.33. The van der Waals surface area contributed by atoms with Crippen molar-refractivity contribution in [2.45, 2.75) is 65.8 Å². The molecule has 0 aromatic carbocycles. The Morgan fingerprint density at radius 3 is 1.66 bits per heavy atom. The number of Topliss-reactive ketones (excluding diaryl/α,β-unsaturated/α-hetero) is 1. The van der Waals surface area contributed by atoms with Gasteiger partial charge in [0, 0.05) is 32.4 Å². The SMILES string of the molecule is C#CCOCC(COCC#C)(COCc1cn(CCOCCOCCCC(=O)CC)nn1)COCc1cn(CCOCCOCCNC(=O)CC)nn1. The average Bonchev–Trinajstić information content (AvgIpc) is 3.82. The van der Waals surface area contributed by atoms with E-state index in [0.717, 1.165) is 6.42 Å². The number of terminal acetylenes is 2. The van der Waals surface area contributed by atoms with Crippen LogP contribution in [0.3, 0.4) is 0 Å². The zero-order chi connectivity index (χ0) is 38.2. The van der Waals surface area contributed by atoms with E-state index in [1.54, 1.807) is 28.7 Å². The fourth-order valence-corrected chi connectivity index (χ4v) is 4.57. The maximum atomic E-state index is 11.3. The van der Waals surface area contributed by atoms with Crippen molar-refractivity contribution in [3.8, 4) is 24.7 Å². The molecule has 0 atom stereocenters. The van der Waals surface area contributed by atoms with Crippen molar-refractivity contribution in [2.75, 3.05) is 99.0 Å². The van der Waals surface area contributed by atoms with Crippen LogP contribution in [-0.2, 0) is 73.8 Å². The number of rotatable bonds is 35. The number of amides is 1. The number of ketones is 1. The Hall–Kier alpha value is -3.78. The van der Waals surface area contributed by atoms with E-state index in [1.807, 2.05) is 6.92 Å². The van der Waals surface area contributed by atoms with Gasteiger partial charge in [-0.3, -0.25) is 9.59 Å². The predicted molar refractivity (Wildman–Crippen MR) is 192 cm³/mol. The minimum Gasteiger partial charge on any atom is -0.379 e. The maximum absolute atomic E-state index is 11.3. The van der Waals surface area contributed by atoms with Gasteiger partial charge in [0.15, 0.2) is 0 Å². The first-order valence-electron chi connectivity index (χ1n) is 18.0. The second kappa shape index (κ2) is 29.6. The summed E-state index contributed by atoms with van der Waals surface area (Å²) in [6.45, 7) is 10.2. The van der Waals surface area contributed by atoms with Crippen molar-refractivity contribution in [3.05, 3.63) is 23.8 Å². The van der Waals surface area contributed by atoms with Gasteiger partial charge in [-0.2, -0.15) is 0 Å². The van der Waals surface area contributed by atoms with Gasteiger partial charge >= 0.3 is 0 Å². The lowest BCUT2D eigenvalue weighted by Crippen LogP contribution is -2.41. The second-order valence-electron chi connectivity index (χ2n) is 12.0. The number of carbonyl (C=O) groups excluding carboxylic acids is 2. The van der Waals surface area contributed by atoms with Crippen molar-refractivity contribution < 1.29 is 47.5 Å². The highest BCUT2D eigenvalue weighted by Crippen LogP contribution is 2.22. The third-order valence-corrected chi connectivity index (χ3v) is 7.38. The number of carbonyl (C=O) groups is 2. The van der Waals surface area contributed by atoms with Gasteiger partial charge < -0.3 is 43.2 Å². The summed E-state index contributed by atoms with van der Waals surface area (Å²) in [5.41, 5.74) is 0.544. The average molecular weight is 748 g/mol. The van der Waals surface area contributed by atoms with E-state index < -0.39 is 5.41 Å². The maximum Gasteiger partial charge on any atom is 0.219 e. The van der Waals surface area contributed by atoms with E-state index in [0.29, 0.717) is 103 Å². The standard InChI is InChI=1S/C36H57N7O10/c1-5-14-50-28-36(29-51-15-6-2,30-52-26-32-24-42(40-38-32)12-18-48-22-20-46-16-9-10-34(44)7-3)31-53-27-33-25-43(41-39-33)13-19-49-23-21-47-17-11-37-35(45)8-4/h1-2,24-25H,7-23,26-31H2,3-4H3,(H,37,45). The monoisotopic (exact) mass is 747 g/mol. The fourth-order valence-electron chi connectivity index (χ4n) is 4.57. The number of hydrogen-bond donors (Lipinski definition) is 1. The topological polar surface area (TPSA) is 181 Å². The number of aromatic nitrogens is 6. The van der Waals surface area contributed by atoms with Gasteiger partial charge in [0.05, 0.1) is 117 Å². The quantitative estimate of drug-likeness (QED) is 0.0786.